The van der Waals surface area contributed by atoms with Crippen LogP contribution in [0.4, 0.5) is 0 Å². The van der Waals surface area contributed by atoms with Crippen molar-refractivity contribution >= 4 is 30.7 Å². The van der Waals surface area contributed by atoms with E-state index in [2.05, 4.69) is 24.1 Å². The molecule has 2 fully saturated rings. The lowest BCUT2D eigenvalue weighted by atomic mass is 9.95. The van der Waals surface area contributed by atoms with Crippen LogP contribution in [0.2, 0.25) is 0 Å². The number of likely N-dealkylation sites (tertiary alicyclic amines) is 1. The fraction of sp³-hybridized carbons (Fsp3) is 0.929. The molecule has 1 unspecified atom stereocenters. The Hall–Kier alpha value is -0.0300. The Labute approximate surface area is 135 Å². The fourth-order valence-electron chi connectivity index (χ4n) is 2.73. The monoisotopic (exact) mass is 325 g/mol. The number of rotatable bonds is 5. The highest BCUT2D eigenvalue weighted by molar-refractivity contribution is 5.85. The highest BCUT2D eigenvalue weighted by Gasteiger charge is 2.30. The first kappa shape index (κ1) is 20.0. The standard InChI is InChI=1S/C14H27N3O.2ClH/c1-10(2)17-7-5-12(6-8-17)14(18)16-9-13(15)11-3-4-11;;/h10-13H,3-9,15H2,1-2H3,(H,16,18);2*1H. The first-order valence-corrected chi connectivity index (χ1v) is 7.35. The van der Waals surface area contributed by atoms with E-state index >= 15 is 0 Å². The van der Waals surface area contributed by atoms with Crippen LogP contribution >= 0.6 is 24.8 Å². The van der Waals surface area contributed by atoms with Crippen LogP contribution in [0, 0.1) is 11.8 Å². The number of nitrogens with two attached hydrogens (primary N) is 1. The van der Waals surface area contributed by atoms with Gasteiger partial charge in [-0.3, -0.25) is 4.79 Å². The molecule has 2 aliphatic rings. The highest BCUT2D eigenvalue weighted by atomic mass is 35.5. The second kappa shape index (κ2) is 9.08. The van der Waals surface area contributed by atoms with E-state index < -0.39 is 0 Å². The maximum Gasteiger partial charge on any atom is 0.223 e. The van der Waals surface area contributed by atoms with Gasteiger partial charge in [0.25, 0.3) is 0 Å². The third-order valence-electron chi connectivity index (χ3n) is 4.37. The van der Waals surface area contributed by atoms with E-state index in [0.717, 1.165) is 25.9 Å². The van der Waals surface area contributed by atoms with Crippen molar-refractivity contribution < 1.29 is 4.79 Å². The summed E-state index contributed by atoms with van der Waals surface area (Å²) in [5, 5.41) is 3.04. The first-order valence-electron chi connectivity index (χ1n) is 7.35. The Morgan fingerprint density at radius 1 is 1.20 bits per heavy atom. The van der Waals surface area contributed by atoms with Gasteiger partial charge in [-0.05, 0) is 58.5 Å². The Bertz CT molecular complexity index is 290. The van der Waals surface area contributed by atoms with Gasteiger partial charge in [-0.25, -0.2) is 0 Å². The Kier molecular flexibility index (Phi) is 9.07. The summed E-state index contributed by atoms with van der Waals surface area (Å²) >= 11 is 0. The minimum atomic E-state index is 0. The quantitative estimate of drug-likeness (QED) is 0.810. The Morgan fingerprint density at radius 3 is 2.20 bits per heavy atom. The molecule has 1 saturated carbocycles. The lowest BCUT2D eigenvalue weighted by Crippen LogP contribution is -2.45. The fourth-order valence-corrected chi connectivity index (χ4v) is 2.73. The lowest BCUT2D eigenvalue weighted by Gasteiger charge is -2.34. The molecule has 0 spiro atoms. The predicted molar refractivity (Wildman–Crippen MR) is 87.6 cm³/mol. The van der Waals surface area contributed by atoms with Gasteiger partial charge in [-0.1, -0.05) is 0 Å². The smallest absolute Gasteiger partial charge is 0.223 e. The number of nitrogens with one attached hydrogen (secondary N) is 1. The van der Waals surface area contributed by atoms with Gasteiger partial charge in [-0.15, -0.1) is 24.8 Å². The molecule has 0 radical (unpaired) electrons. The number of hydrogen-bond acceptors (Lipinski definition) is 3. The van der Waals surface area contributed by atoms with Crippen LogP contribution < -0.4 is 11.1 Å². The SMILES string of the molecule is CC(C)N1CCC(C(=O)NCC(N)C2CC2)CC1.Cl.Cl. The van der Waals surface area contributed by atoms with Gasteiger partial charge >= 0.3 is 0 Å². The summed E-state index contributed by atoms with van der Waals surface area (Å²) in [6, 6.07) is 0.766. The van der Waals surface area contributed by atoms with Crippen LogP contribution in [0.3, 0.4) is 0 Å². The molecule has 0 aromatic rings. The molecule has 1 aliphatic carbocycles. The van der Waals surface area contributed by atoms with Gasteiger partial charge in [0.05, 0.1) is 0 Å². The number of nitrogens with zero attached hydrogens (tertiary/aromatic N) is 1. The van der Waals surface area contributed by atoms with Crippen molar-refractivity contribution in [2.75, 3.05) is 19.6 Å². The van der Waals surface area contributed by atoms with Gasteiger partial charge in [0, 0.05) is 24.5 Å². The van der Waals surface area contributed by atoms with Crippen molar-refractivity contribution in [3.63, 3.8) is 0 Å². The van der Waals surface area contributed by atoms with Gasteiger partial charge in [0.1, 0.15) is 0 Å². The second-order valence-corrected chi connectivity index (χ2v) is 6.15. The summed E-state index contributed by atoms with van der Waals surface area (Å²) in [6.07, 6.45) is 4.46. The molecule has 1 atom stereocenters. The highest BCUT2D eigenvalue weighted by Crippen LogP contribution is 2.31. The summed E-state index contributed by atoms with van der Waals surface area (Å²) in [6.45, 7) is 7.19. The molecule has 1 aliphatic heterocycles. The zero-order valence-electron chi connectivity index (χ0n) is 12.5. The summed E-state index contributed by atoms with van der Waals surface area (Å²) in [7, 11) is 0. The van der Waals surface area contributed by atoms with Gasteiger partial charge in [0.15, 0.2) is 0 Å². The molecule has 2 rings (SSSR count). The Balaban J connectivity index is 0.00000180. The number of piperidine rings is 1. The van der Waals surface area contributed by atoms with E-state index in [1.807, 2.05) is 0 Å². The zero-order chi connectivity index (χ0) is 13.1. The molecule has 0 aromatic heterocycles. The molecule has 0 bridgehead atoms. The van der Waals surface area contributed by atoms with Crippen molar-refractivity contribution in [1.82, 2.24) is 10.2 Å². The minimum absolute atomic E-state index is 0. The molecule has 120 valence electrons. The summed E-state index contributed by atoms with van der Waals surface area (Å²) in [4.78, 5) is 14.5. The molecule has 1 amide bonds. The molecule has 6 heteroatoms. The van der Waals surface area contributed by atoms with E-state index in [9.17, 15) is 4.79 Å². The molecular formula is C14H29Cl2N3O. The zero-order valence-corrected chi connectivity index (χ0v) is 14.1. The van der Waals surface area contributed by atoms with E-state index in [-0.39, 0.29) is 42.7 Å². The summed E-state index contributed by atoms with van der Waals surface area (Å²) in [5.41, 5.74) is 6.00. The van der Waals surface area contributed by atoms with E-state index in [4.69, 9.17) is 5.73 Å². The number of hydrogen-bond donors (Lipinski definition) is 2. The summed E-state index contributed by atoms with van der Waals surface area (Å²) in [5.74, 6) is 1.08. The topological polar surface area (TPSA) is 58.4 Å². The van der Waals surface area contributed by atoms with E-state index in [0.29, 0.717) is 18.5 Å². The lowest BCUT2D eigenvalue weighted by molar-refractivity contribution is -0.126. The van der Waals surface area contributed by atoms with Gasteiger partial charge in [0.2, 0.25) is 5.91 Å². The van der Waals surface area contributed by atoms with Crippen molar-refractivity contribution in [2.24, 2.45) is 17.6 Å². The average Bonchev–Trinajstić information content (AvgIpc) is 3.20. The Morgan fingerprint density at radius 2 is 1.75 bits per heavy atom. The normalized spacial score (nSPS) is 21.8. The van der Waals surface area contributed by atoms with Crippen LogP contribution in [-0.4, -0.2) is 42.5 Å². The minimum Gasteiger partial charge on any atom is -0.354 e. The van der Waals surface area contributed by atoms with Gasteiger partial charge in [-0.2, -0.15) is 0 Å². The molecule has 4 nitrogen and oxygen atoms in total. The van der Waals surface area contributed by atoms with Gasteiger partial charge < -0.3 is 16.0 Å². The molecule has 20 heavy (non-hydrogen) atoms. The maximum absolute atomic E-state index is 12.0. The number of carbonyl (C=O) groups excluding carboxylic acids is 1. The van der Waals surface area contributed by atoms with Crippen molar-refractivity contribution in [1.29, 1.82) is 0 Å². The third-order valence-corrected chi connectivity index (χ3v) is 4.37. The van der Waals surface area contributed by atoms with Crippen LogP contribution in [0.25, 0.3) is 0 Å². The molecule has 3 N–H and O–H groups in total. The van der Waals surface area contributed by atoms with E-state index in [1.54, 1.807) is 0 Å². The molecule has 1 saturated heterocycles. The second-order valence-electron chi connectivity index (χ2n) is 6.15. The third kappa shape index (κ3) is 5.76. The van der Waals surface area contributed by atoms with Crippen LogP contribution in [0.1, 0.15) is 39.5 Å². The van der Waals surface area contributed by atoms with Crippen LogP contribution in [0.5, 0.6) is 0 Å². The largest absolute Gasteiger partial charge is 0.354 e. The molecule has 1 heterocycles. The van der Waals surface area contributed by atoms with Crippen molar-refractivity contribution in [3.05, 3.63) is 0 Å². The average molecular weight is 326 g/mol. The number of amides is 1. The maximum atomic E-state index is 12.0. The van der Waals surface area contributed by atoms with Crippen molar-refractivity contribution in [2.45, 2.75) is 51.6 Å². The van der Waals surface area contributed by atoms with E-state index in [1.165, 1.54) is 12.8 Å². The van der Waals surface area contributed by atoms with Crippen molar-refractivity contribution in [3.8, 4) is 0 Å². The number of carbonyl (C=O) groups is 1. The predicted octanol–water partition coefficient (Wildman–Crippen LogP) is 1.80. The number of halogens is 2. The molecule has 0 aromatic carbocycles. The van der Waals surface area contributed by atoms with Crippen LogP contribution in [-0.2, 0) is 4.79 Å². The molecular weight excluding hydrogens is 297 g/mol. The summed E-state index contributed by atoms with van der Waals surface area (Å²) < 4.78 is 0. The van der Waals surface area contributed by atoms with Crippen LogP contribution in [0.15, 0.2) is 0 Å². The first-order chi connectivity index (χ1) is 8.58.